The molecule has 2 aromatic carbocycles. The number of nitrogens with one attached hydrogen (secondary N) is 1. The number of aryl methyl sites for hydroxylation is 1. The zero-order valence-electron chi connectivity index (χ0n) is 13.1. The van der Waals surface area contributed by atoms with E-state index in [2.05, 4.69) is 57.3 Å². The van der Waals surface area contributed by atoms with E-state index in [-0.39, 0.29) is 5.54 Å². The highest BCUT2D eigenvalue weighted by Gasteiger charge is 2.11. The quantitative estimate of drug-likeness (QED) is 0.459. The maximum Gasteiger partial charge on any atom is 0.166 e. The summed E-state index contributed by atoms with van der Waals surface area (Å²) in [5.41, 5.74) is 2.21. The van der Waals surface area contributed by atoms with Gasteiger partial charge in [0, 0.05) is 10.6 Å². The molecule has 1 N–H and O–H groups in total. The fourth-order valence-electron chi connectivity index (χ4n) is 1.74. The van der Waals surface area contributed by atoms with Gasteiger partial charge in [-0.1, -0.05) is 47.7 Å². The van der Waals surface area contributed by atoms with Gasteiger partial charge in [0.2, 0.25) is 0 Å². The number of anilines is 1. The molecule has 0 saturated carbocycles. The summed E-state index contributed by atoms with van der Waals surface area (Å²) in [4.78, 5) is 5.98. The normalized spacial score (nSPS) is 12.3. The first-order chi connectivity index (χ1) is 9.92. The van der Waals surface area contributed by atoms with Crippen molar-refractivity contribution in [2.45, 2.75) is 38.1 Å². The molecule has 0 radical (unpaired) electrons. The molecule has 0 unspecified atom stereocenters. The zero-order chi connectivity index (χ0) is 15.3. The van der Waals surface area contributed by atoms with Crippen LogP contribution in [0.4, 0.5) is 5.69 Å². The first-order valence-corrected chi connectivity index (χ1v) is 7.90. The second-order valence-corrected chi connectivity index (χ2v) is 7.06. The van der Waals surface area contributed by atoms with Crippen LogP contribution in [0, 0.1) is 6.92 Å². The number of rotatable bonds is 2. The summed E-state index contributed by atoms with van der Waals surface area (Å²) < 4.78 is 0. The molecular weight excluding hydrogens is 276 g/mol. The van der Waals surface area contributed by atoms with E-state index in [0.717, 1.165) is 10.9 Å². The number of benzene rings is 2. The molecule has 0 aliphatic heterocycles. The van der Waals surface area contributed by atoms with Gasteiger partial charge in [-0.05, 0) is 52.0 Å². The molecule has 2 aromatic rings. The molecule has 0 aromatic heterocycles. The minimum absolute atomic E-state index is 0.116. The maximum atomic E-state index is 4.79. The second-order valence-electron chi connectivity index (χ2n) is 5.99. The number of hydrogen-bond acceptors (Lipinski definition) is 2. The molecule has 0 spiro atoms. The number of para-hydroxylation sites is 1. The van der Waals surface area contributed by atoms with Crippen LogP contribution in [0.5, 0.6) is 0 Å². The van der Waals surface area contributed by atoms with Gasteiger partial charge in [-0.3, -0.25) is 4.99 Å². The zero-order valence-corrected chi connectivity index (χ0v) is 13.9. The van der Waals surface area contributed by atoms with Crippen LogP contribution < -0.4 is 5.32 Å². The van der Waals surface area contributed by atoms with Crippen molar-refractivity contribution in [2.24, 2.45) is 4.99 Å². The molecule has 0 bridgehead atoms. The summed E-state index contributed by atoms with van der Waals surface area (Å²) in [7, 11) is 0. The van der Waals surface area contributed by atoms with E-state index in [1.54, 1.807) is 11.8 Å². The molecule has 2 nitrogen and oxygen atoms in total. The highest BCUT2D eigenvalue weighted by molar-refractivity contribution is 8.14. The molecule has 0 aliphatic carbocycles. The van der Waals surface area contributed by atoms with Gasteiger partial charge >= 0.3 is 0 Å². The fraction of sp³-hybridized carbons (Fsp3) is 0.278. The number of amidine groups is 1. The highest BCUT2D eigenvalue weighted by Crippen LogP contribution is 2.23. The molecular formula is C18H22N2S. The second kappa shape index (κ2) is 6.81. The van der Waals surface area contributed by atoms with Crippen LogP contribution in [-0.2, 0) is 0 Å². The van der Waals surface area contributed by atoms with Gasteiger partial charge in [0.05, 0.1) is 5.54 Å². The van der Waals surface area contributed by atoms with Crippen LogP contribution in [0.15, 0.2) is 64.5 Å². The maximum absolute atomic E-state index is 4.79. The molecule has 2 rings (SSSR count). The van der Waals surface area contributed by atoms with Crippen molar-refractivity contribution in [3.63, 3.8) is 0 Å². The van der Waals surface area contributed by atoms with Gasteiger partial charge in [0.15, 0.2) is 5.17 Å². The molecule has 21 heavy (non-hydrogen) atoms. The summed E-state index contributed by atoms with van der Waals surface area (Å²) in [5, 5.41) is 4.33. The van der Waals surface area contributed by atoms with Gasteiger partial charge < -0.3 is 5.32 Å². The van der Waals surface area contributed by atoms with Crippen LogP contribution in [0.3, 0.4) is 0 Å². The van der Waals surface area contributed by atoms with Crippen molar-refractivity contribution < 1.29 is 0 Å². The Hall–Kier alpha value is -1.74. The monoisotopic (exact) mass is 298 g/mol. The van der Waals surface area contributed by atoms with Gasteiger partial charge in [0.1, 0.15) is 0 Å². The van der Waals surface area contributed by atoms with Gasteiger partial charge in [-0.2, -0.15) is 0 Å². The minimum atomic E-state index is -0.116. The Labute approximate surface area is 131 Å². The number of nitrogens with zero attached hydrogens (tertiary/aromatic N) is 1. The Bertz CT molecular complexity index is 595. The first-order valence-electron chi connectivity index (χ1n) is 7.09. The lowest BCUT2D eigenvalue weighted by Crippen LogP contribution is -2.17. The predicted molar refractivity (Wildman–Crippen MR) is 94.3 cm³/mol. The lowest BCUT2D eigenvalue weighted by molar-refractivity contribution is 0.585. The van der Waals surface area contributed by atoms with Crippen molar-refractivity contribution in [1.82, 2.24) is 0 Å². The molecule has 0 fully saturated rings. The topological polar surface area (TPSA) is 24.4 Å². The number of thioether (sulfide) groups is 1. The predicted octanol–water partition coefficient (Wildman–Crippen LogP) is 5.35. The molecule has 0 atom stereocenters. The molecule has 110 valence electrons. The summed E-state index contributed by atoms with van der Waals surface area (Å²) in [6, 6.07) is 18.7. The van der Waals surface area contributed by atoms with Gasteiger partial charge in [-0.25, -0.2) is 0 Å². The van der Waals surface area contributed by atoms with Crippen molar-refractivity contribution in [1.29, 1.82) is 0 Å². The third-order valence-corrected chi connectivity index (χ3v) is 3.59. The Morgan fingerprint density at radius 1 is 0.952 bits per heavy atom. The first kappa shape index (κ1) is 15.6. The number of hydrogen-bond donors (Lipinski definition) is 1. The summed E-state index contributed by atoms with van der Waals surface area (Å²) in [6.45, 7) is 8.42. The van der Waals surface area contributed by atoms with E-state index >= 15 is 0 Å². The van der Waals surface area contributed by atoms with E-state index in [9.17, 15) is 0 Å². The average molecular weight is 298 g/mol. The van der Waals surface area contributed by atoms with E-state index in [1.165, 1.54) is 10.5 Å². The number of aliphatic imine (C=N–C) groups is 1. The molecule has 0 aliphatic rings. The Kier molecular flexibility index (Phi) is 5.07. The van der Waals surface area contributed by atoms with Crippen molar-refractivity contribution in [3.8, 4) is 0 Å². The molecule has 0 saturated heterocycles. The van der Waals surface area contributed by atoms with Crippen LogP contribution in [0.25, 0.3) is 0 Å². The van der Waals surface area contributed by atoms with Crippen LogP contribution in [-0.4, -0.2) is 10.7 Å². The average Bonchev–Trinajstić information content (AvgIpc) is 2.41. The third-order valence-electron chi connectivity index (χ3n) is 2.70. The Balaban J connectivity index is 2.20. The van der Waals surface area contributed by atoms with Gasteiger partial charge in [-0.15, -0.1) is 0 Å². The van der Waals surface area contributed by atoms with Crippen molar-refractivity contribution in [3.05, 3.63) is 60.2 Å². The SMILES string of the molecule is Cc1ccc(SC(=NC(C)(C)C)Nc2ccccc2)cc1. The Morgan fingerprint density at radius 3 is 2.14 bits per heavy atom. The third kappa shape index (κ3) is 5.64. The fourth-order valence-corrected chi connectivity index (χ4v) is 2.73. The van der Waals surface area contributed by atoms with Crippen molar-refractivity contribution in [2.75, 3.05) is 5.32 Å². The smallest absolute Gasteiger partial charge is 0.166 e. The van der Waals surface area contributed by atoms with Crippen LogP contribution in [0.2, 0.25) is 0 Å². The van der Waals surface area contributed by atoms with E-state index in [0.29, 0.717) is 0 Å². The van der Waals surface area contributed by atoms with Crippen LogP contribution >= 0.6 is 11.8 Å². The largest absolute Gasteiger partial charge is 0.335 e. The van der Waals surface area contributed by atoms with Crippen molar-refractivity contribution >= 4 is 22.6 Å². The van der Waals surface area contributed by atoms with E-state index in [4.69, 9.17) is 4.99 Å². The molecule has 3 heteroatoms. The summed E-state index contributed by atoms with van der Waals surface area (Å²) in [5.74, 6) is 0. The van der Waals surface area contributed by atoms with E-state index in [1.807, 2.05) is 30.3 Å². The molecule has 0 heterocycles. The molecule has 0 amide bonds. The minimum Gasteiger partial charge on any atom is -0.335 e. The lowest BCUT2D eigenvalue weighted by atomic mass is 10.1. The van der Waals surface area contributed by atoms with E-state index < -0.39 is 0 Å². The van der Waals surface area contributed by atoms with Crippen LogP contribution in [0.1, 0.15) is 26.3 Å². The Morgan fingerprint density at radius 2 is 1.57 bits per heavy atom. The van der Waals surface area contributed by atoms with Gasteiger partial charge in [0.25, 0.3) is 0 Å². The summed E-state index contributed by atoms with van der Waals surface area (Å²) >= 11 is 1.66. The standard InChI is InChI=1S/C18H22N2S/c1-14-10-12-16(13-11-14)21-17(20-18(2,3)4)19-15-8-6-5-7-9-15/h5-13H,1-4H3,(H,19,20). The lowest BCUT2D eigenvalue weighted by Gasteiger charge is -2.17. The highest BCUT2D eigenvalue weighted by atomic mass is 32.2. The summed E-state index contributed by atoms with van der Waals surface area (Å²) in [6.07, 6.45) is 0.